The molecule has 0 unspecified atom stereocenters. The van der Waals surface area contributed by atoms with Gasteiger partial charge >= 0.3 is 0 Å². The van der Waals surface area contributed by atoms with Gasteiger partial charge in [-0.2, -0.15) is 0 Å². The number of piperidine rings is 1. The minimum absolute atomic E-state index is 0.144. The normalized spacial score (nSPS) is 24.1. The summed E-state index contributed by atoms with van der Waals surface area (Å²) in [5, 5.41) is 0. The quantitative estimate of drug-likeness (QED) is 0.904. The van der Waals surface area contributed by atoms with Crippen molar-refractivity contribution in [1.29, 1.82) is 0 Å². The molecule has 1 aromatic carbocycles. The van der Waals surface area contributed by atoms with Crippen LogP contribution in [0.2, 0.25) is 0 Å². The smallest absolute Gasteiger partial charge is 0.225 e. The minimum atomic E-state index is 0.144. The van der Waals surface area contributed by atoms with Gasteiger partial charge in [-0.05, 0) is 37.7 Å². The second-order valence-electron chi connectivity index (χ2n) is 8.12. The molecule has 0 spiro atoms. The molecule has 144 valence electrons. The van der Waals surface area contributed by atoms with Crippen LogP contribution >= 0.6 is 0 Å². The lowest BCUT2D eigenvalue weighted by molar-refractivity contribution is -0.137. The van der Waals surface area contributed by atoms with E-state index >= 15 is 0 Å². The van der Waals surface area contributed by atoms with Crippen LogP contribution in [-0.2, 0) is 11.3 Å². The molecule has 5 heteroatoms. The molecule has 27 heavy (non-hydrogen) atoms. The molecule has 0 bridgehead atoms. The van der Waals surface area contributed by atoms with Gasteiger partial charge in [0.05, 0.1) is 0 Å². The van der Waals surface area contributed by atoms with Crippen LogP contribution in [0.5, 0.6) is 0 Å². The third-order valence-electron chi connectivity index (χ3n) is 6.18. The van der Waals surface area contributed by atoms with Crippen LogP contribution in [0.1, 0.15) is 55.8 Å². The number of imidazole rings is 1. The van der Waals surface area contributed by atoms with Crippen LogP contribution in [0.25, 0.3) is 0 Å². The van der Waals surface area contributed by atoms with Crippen molar-refractivity contribution in [2.45, 2.75) is 57.0 Å². The summed E-state index contributed by atoms with van der Waals surface area (Å²) in [6.07, 6.45) is 9.99. The molecule has 0 radical (unpaired) electrons. The average Bonchev–Trinajstić information content (AvgIpc) is 3.16. The lowest BCUT2D eigenvalue weighted by atomic mass is 9.84. The lowest BCUT2D eigenvalue weighted by Crippen LogP contribution is -2.44. The Labute approximate surface area is 161 Å². The molecule has 2 N–H and O–H groups in total. The zero-order chi connectivity index (χ0) is 18.6. The maximum atomic E-state index is 12.8. The average molecular weight is 367 g/mol. The summed E-state index contributed by atoms with van der Waals surface area (Å²) in [5.74, 6) is 2.06. The summed E-state index contributed by atoms with van der Waals surface area (Å²) in [7, 11) is 0. The number of carbonyl (C=O) groups is 1. The lowest BCUT2D eigenvalue weighted by Gasteiger charge is -2.36. The second-order valence-corrected chi connectivity index (χ2v) is 8.12. The van der Waals surface area contributed by atoms with E-state index in [1.54, 1.807) is 0 Å². The number of hydrogen-bond donors (Lipinski definition) is 1. The first-order valence-electron chi connectivity index (χ1n) is 10.3. The van der Waals surface area contributed by atoms with Gasteiger partial charge in [-0.15, -0.1) is 0 Å². The number of benzene rings is 1. The fourth-order valence-corrected chi connectivity index (χ4v) is 4.66. The molecule has 2 aliphatic rings. The standard InChI is InChI=1S/C22H30N4O/c23-20-8-4-7-19(15-20)22(27)25-12-9-18(10-13-25)21-24-11-14-26(21)16-17-5-2-1-3-6-17/h1-3,5-6,11,14,18-20H,4,7-10,12-13,15-16,23H2/t19-,20+/m1/s1. The summed E-state index contributed by atoms with van der Waals surface area (Å²) in [6.45, 7) is 2.54. The van der Waals surface area contributed by atoms with Gasteiger partial charge in [-0.3, -0.25) is 4.79 Å². The van der Waals surface area contributed by atoms with E-state index in [1.165, 1.54) is 5.56 Å². The van der Waals surface area contributed by atoms with Crippen molar-refractivity contribution >= 4 is 5.91 Å². The number of nitrogens with two attached hydrogens (primary N) is 1. The topological polar surface area (TPSA) is 64.2 Å². The van der Waals surface area contributed by atoms with E-state index < -0.39 is 0 Å². The van der Waals surface area contributed by atoms with E-state index in [-0.39, 0.29) is 12.0 Å². The number of hydrogen-bond acceptors (Lipinski definition) is 3. The van der Waals surface area contributed by atoms with Gasteiger partial charge < -0.3 is 15.2 Å². The van der Waals surface area contributed by atoms with Crippen molar-refractivity contribution in [3.05, 3.63) is 54.1 Å². The zero-order valence-corrected chi connectivity index (χ0v) is 16.0. The molecule has 1 saturated heterocycles. The minimum Gasteiger partial charge on any atom is -0.342 e. The Kier molecular flexibility index (Phi) is 5.58. The molecule has 5 nitrogen and oxygen atoms in total. The van der Waals surface area contributed by atoms with Crippen LogP contribution in [0.15, 0.2) is 42.7 Å². The number of amides is 1. The van der Waals surface area contributed by atoms with Crippen LogP contribution in [0.4, 0.5) is 0 Å². The molecule has 1 amide bonds. The summed E-state index contributed by atoms with van der Waals surface area (Å²) >= 11 is 0. The Hall–Kier alpha value is -2.14. The summed E-state index contributed by atoms with van der Waals surface area (Å²) in [6, 6.07) is 10.7. The number of likely N-dealkylation sites (tertiary alicyclic amines) is 1. The monoisotopic (exact) mass is 366 g/mol. The van der Waals surface area contributed by atoms with Crippen LogP contribution in [0.3, 0.4) is 0 Å². The number of aromatic nitrogens is 2. The molecular weight excluding hydrogens is 336 g/mol. The van der Waals surface area contributed by atoms with Gasteiger partial charge in [0.25, 0.3) is 0 Å². The Morgan fingerprint density at radius 1 is 1.11 bits per heavy atom. The SMILES string of the molecule is N[C@H]1CCC[C@@H](C(=O)N2CCC(c3nccn3Cc3ccccc3)CC2)C1. The molecule has 2 fully saturated rings. The summed E-state index contributed by atoms with van der Waals surface area (Å²) in [4.78, 5) is 19.6. The molecular formula is C22H30N4O. The van der Waals surface area contributed by atoms with Gasteiger partial charge in [0.15, 0.2) is 0 Å². The second kappa shape index (κ2) is 8.26. The summed E-state index contributed by atoms with van der Waals surface area (Å²) < 4.78 is 2.26. The van der Waals surface area contributed by atoms with Crippen LogP contribution < -0.4 is 5.73 Å². The number of rotatable bonds is 4. The van der Waals surface area contributed by atoms with E-state index in [0.29, 0.717) is 11.8 Å². The van der Waals surface area contributed by atoms with Gasteiger partial charge in [-0.1, -0.05) is 36.8 Å². The van der Waals surface area contributed by atoms with Gasteiger partial charge in [0.2, 0.25) is 5.91 Å². The molecule has 1 aliphatic carbocycles. The highest BCUT2D eigenvalue weighted by Crippen LogP contribution is 2.30. The molecule has 1 aromatic heterocycles. The van der Waals surface area contributed by atoms with Gasteiger partial charge in [0, 0.05) is 49.9 Å². The van der Waals surface area contributed by atoms with E-state index in [9.17, 15) is 4.79 Å². The van der Waals surface area contributed by atoms with Crippen LogP contribution in [0, 0.1) is 5.92 Å². The third-order valence-corrected chi connectivity index (χ3v) is 6.18. The predicted octanol–water partition coefficient (Wildman–Crippen LogP) is 3.15. The predicted molar refractivity (Wildman–Crippen MR) is 106 cm³/mol. The Balaban J connectivity index is 1.36. The Bertz CT molecular complexity index is 749. The van der Waals surface area contributed by atoms with Crippen molar-refractivity contribution in [2.75, 3.05) is 13.1 Å². The van der Waals surface area contributed by atoms with E-state index in [2.05, 4.69) is 44.9 Å². The van der Waals surface area contributed by atoms with Gasteiger partial charge in [-0.25, -0.2) is 4.98 Å². The van der Waals surface area contributed by atoms with Crippen molar-refractivity contribution in [3.8, 4) is 0 Å². The molecule has 1 saturated carbocycles. The van der Waals surface area contributed by atoms with E-state index in [0.717, 1.165) is 64.0 Å². The van der Waals surface area contributed by atoms with Gasteiger partial charge in [0.1, 0.15) is 5.82 Å². The molecule has 4 rings (SSSR count). The Morgan fingerprint density at radius 2 is 1.89 bits per heavy atom. The third kappa shape index (κ3) is 4.24. The first-order valence-corrected chi connectivity index (χ1v) is 10.3. The van der Waals surface area contributed by atoms with Crippen molar-refractivity contribution in [3.63, 3.8) is 0 Å². The molecule has 1 aliphatic heterocycles. The maximum absolute atomic E-state index is 12.8. The highest BCUT2D eigenvalue weighted by molar-refractivity contribution is 5.79. The largest absolute Gasteiger partial charge is 0.342 e. The van der Waals surface area contributed by atoms with Crippen molar-refractivity contribution in [2.24, 2.45) is 11.7 Å². The fraction of sp³-hybridized carbons (Fsp3) is 0.545. The number of carbonyl (C=O) groups excluding carboxylic acids is 1. The van der Waals surface area contributed by atoms with E-state index in [4.69, 9.17) is 5.73 Å². The molecule has 2 aromatic rings. The molecule has 2 atom stereocenters. The van der Waals surface area contributed by atoms with Crippen LogP contribution in [-0.4, -0.2) is 39.5 Å². The number of nitrogens with zero attached hydrogens (tertiary/aromatic N) is 3. The highest BCUT2D eigenvalue weighted by Gasteiger charge is 2.32. The fourth-order valence-electron chi connectivity index (χ4n) is 4.66. The zero-order valence-electron chi connectivity index (χ0n) is 16.0. The van der Waals surface area contributed by atoms with Crippen molar-refractivity contribution in [1.82, 2.24) is 14.5 Å². The van der Waals surface area contributed by atoms with Crippen molar-refractivity contribution < 1.29 is 4.79 Å². The highest BCUT2D eigenvalue weighted by atomic mass is 16.2. The first-order chi connectivity index (χ1) is 13.2. The first kappa shape index (κ1) is 18.2. The maximum Gasteiger partial charge on any atom is 0.225 e. The summed E-state index contributed by atoms with van der Waals surface area (Å²) in [5.41, 5.74) is 7.37. The Morgan fingerprint density at radius 3 is 2.63 bits per heavy atom. The molecule has 2 heterocycles. The van der Waals surface area contributed by atoms with E-state index in [1.807, 2.05) is 12.3 Å².